The number of ether oxygens (including phenoxy) is 1. The van der Waals surface area contributed by atoms with Crippen LogP contribution in [0.5, 0.6) is 0 Å². The van der Waals surface area contributed by atoms with Crippen LogP contribution in [0.4, 0.5) is 5.69 Å². The maximum absolute atomic E-state index is 13.3. The molecule has 2 amide bonds. The van der Waals surface area contributed by atoms with Gasteiger partial charge in [-0.3, -0.25) is 19.7 Å². The van der Waals surface area contributed by atoms with Crippen molar-refractivity contribution in [1.29, 1.82) is 0 Å². The van der Waals surface area contributed by atoms with E-state index in [1.54, 1.807) is 0 Å². The van der Waals surface area contributed by atoms with Gasteiger partial charge in [-0.15, -0.1) is 11.8 Å². The van der Waals surface area contributed by atoms with Gasteiger partial charge in [0.1, 0.15) is 24.1 Å². The van der Waals surface area contributed by atoms with Crippen molar-refractivity contribution in [2.24, 2.45) is 0 Å². The number of nitrogens with zero attached hydrogens (tertiary/aromatic N) is 2. The van der Waals surface area contributed by atoms with Crippen molar-refractivity contribution >= 4 is 35.2 Å². The summed E-state index contributed by atoms with van der Waals surface area (Å²) >= 11 is 1.45. The molecule has 3 aromatic carbocycles. The minimum Gasteiger partial charge on any atom is -0.459 e. The number of non-ortho nitro benzene ring substituents is 1. The van der Waals surface area contributed by atoms with Crippen LogP contribution in [-0.4, -0.2) is 45.1 Å². The molecule has 188 valence electrons. The number of rotatable bonds is 8. The number of hydrogen-bond donors (Lipinski definition) is 1. The number of nitro groups is 1. The van der Waals surface area contributed by atoms with E-state index in [1.165, 1.54) is 40.9 Å². The Hall–Kier alpha value is -4.18. The fourth-order valence-electron chi connectivity index (χ4n) is 4.53. The lowest BCUT2D eigenvalue weighted by Gasteiger charge is -2.43. The highest BCUT2D eigenvalue weighted by atomic mass is 32.2. The van der Waals surface area contributed by atoms with Crippen molar-refractivity contribution < 1.29 is 24.0 Å². The summed E-state index contributed by atoms with van der Waals surface area (Å²) in [5, 5.41) is 12.9. The standard InChI is InChI=1S/C27H23N3O6S/c31-21(15-17-7-3-1-4-8-17)28-22-25(32)29-23(24(37-26(22)29)19-9-5-2-6-10-19)27(33)36-16-18-11-13-20(14-12-18)30(34)35/h1-14,22-24,26H,15-16H2,(H,28,31)/t22-,23-,24-,26-/m1/s1. The van der Waals surface area contributed by atoms with Crippen molar-refractivity contribution in [2.75, 3.05) is 0 Å². The largest absolute Gasteiger partial charge is 0.459 e. The van der Waals surface area contributed by atoms with Gasteiger partial charge in [-0.1, -0.05) is 60.7 Å². The number of nitro benzene ring substituents is 1. The zero-order valence-electron chi connectivity index (χ0n) is 19.6. The Labute approximate surface area is 217 Å². The molecule has 0 aliphatic carbocycles. The Morgan fingerprint density at radius 2 is 1.59 bits per heavy atom. The molecule has 37 heavy (non-hydrogen) atoms. The molecule has 4 atom stereocenters. The van der Waals surface area contributed by atoms with Crippen LogP contribution in [0.15, 0.2) is 84.9 Å². The molecule has 0 spiro atoms. The number of fused-ring (bicyclic) bond motifs is 1. The fourth-order valence-corrected chi connectivity index (χ4v) is 6.24. The van der Waals surface area contributed by atoms with Crippen molar-refractivity contribution in [1.82, 2.24) is 10.2 Å². The van der Waals surface area contributed by atoms with Gasteiger partial charge in [0, 0.05) is 12.1 Å². The maximum Gasteiger partial charge on any atom is 0.330 e. The summed E-state index contributed by atoms with van der Waals surface area (Å²) in [6.45, 7) is -0.0799. The molecule has 0 aromatic heterocycles. The molecule has 2 heterocycles. The molecular formula is C27H23N3O6S. The topological polar surface area (TPSA) is 119 Å². The number of esters is 1. The number of thioether (sulfide) groups is 1. The molecule has 0 unspecified atom stereocenters. The molecule has 2 fully saturated rings. The summed E-state index contributed by atoms with van der Waals surface area (Å²) in [4.78, 5) is 50.9. The summed E-state index contributed by atoms with van der Waals surface area (Å²) in [6.07, 6.45) is 0.158. The second-order valence-electron chi connectivity index (χ2n) is 8.79. The summed E-state index contributed by atoms with van der Waals surface area (Å²) in [5.74, 6) is -1.15. The van der Waals surface area contributed by atoms with Gasteiger partial charge in [0.15, 0.2) is 0 Å². The first-order valence-electron chi connectivity index (χ1n) is 11.7. The summed E-state index contributed by atoms with van der Waals surface area (Å²) in [5.41, 5.74) is 2.26. The summed E-state index contributed by atoms with van der Waals surface area (Å²) in [6, 6.07) is 22.8. The van der Waals surface area contributed by atoms with E-state index in [0.29, 0.717) is 5.56 Å². The van der Waals surface area contributed by atoms with Crippen LogP contribution >= 0.6 is 11.8 Å². The Morgan fingerprint density at radius 3 is 2.24 bits per heavy atom. The van der Waals surface area contributed by atoms with E-state index < -0.39 is 28.4 Å². The Morgan fingerprint density at radius 1 is 0.946 bits per heavy atom. The molecule has 3 aromatic rings. The predicted octanol–water partition coefficient (Wildman–Crippen LogP) is 3.39. The zero-order valence-corrected chi connectivity index (χ0v) is 20.4. The first kappa shape index (κ1) is 24.5. The Balaban J connectivity index is 1.29. The normalized spacial score (nSPS) is 22.1. The van der Waals surface area contributed by atoms with E-state index in [0.717, 1.165) is 11.1 Å². The molecule has 9 nitrogen and oxygen atoms in total. The third-order valence-corrected chi connectivity index (χ3v) is 7.98. The van der Waals surface area contributed by atoms with Crippen LogP contribution in [0.2, 0.25) is 0 Å². The maximum atomic E-state index is 13.3. The van der Waals surface area contributed by atoms with Crippen molar-refractivity contribution in [3.05, 3.63) is 112 Å². The predicted molar refractivity (Wildman–Crippen MR) is 136 cm³/mol. The van der Waals surface area contributed by atoms with Gasteiger partial charge in [-0.25, -0.2) is 4.79 Å². The molecule has 2 saturated heterocycles. The minimum atomic E-state index is -0.856. The van der Waals surface area contributed by atoms with E-state index in [-0.39, 0.29) is 35.8 Å². The van der Waals surface area contributed by atoms with Crippen LogP contribution in [0.25, 0.3) is 0 Å². The van der Waals surface area contributed by atoms with Gasteiger partial charge in [0.2, 0.25) is 11.8 Å². The van der Waals surface area contributed by atoms with Crippen molar-refractivity contribution in [3.63, 3.8) is 0 Å². The number of carbonyl (C=O) groups excluding carboxylic acids is 3. The van der Waals surface area contributed by atoms with Crippen molar-refractivity contribution in [3.8, 4) is 0 Å². The van der Waals surface area contributed by atoms with Crippen LogP contribution < -0.4 is 5.32 Å². The Kier molecular flexibility index (Phi) is 6.91. The van der Waals surface area contributed by atoms with Gasteiger partial charge in [-0.05, 0) is 28.8 Å². The van der Waals surface area contributed by atoms with E-state index in [4.69, 9.17) is 4.74 Å². The third kappa shape index (κ3) is 5.05. The zero-order chi connectivity index (χ0) is 25.9. The number of carbonyl (C=O) groups is 3. The molecule has 0 radical (unpaired) electrons. The van der Waals surface area contributed by atoms with Gasteiger partial charge >= 0.3 is 5.97 Å². The van der Waals surface area contributed by atoms with Crippen LogP contribution in [0, 0.1) is 10.1 Å². The van der Waals surface area contributed by atoms with Gasteiger partial charge in [0.05, 0.1) is 16.6 Å². The van der Waals surface area contributed by atoms with Crippen LogP contribution in [0.3, 0.4) is 0 Å². The van der Waals surface area contributed by atoms with Crippen LogP contribution in [0.1, 0.15) is 21.9 Å². The first-order valence-corrected chi connectivity index (χ1v) is 12.6. The number of nitrogens with one attached hydrogen (secondary N) is 1. The van der Waals surface area contributed by atoms with E-state index >= 15 is 0 Å². The molecule has 10 heteroatoms. The quantitative estimate of drug-likeness (QED) is 0.211. The SMILES string of the molecule is O=C(Cc1ccccc1)N[C@@H]1C(=O)N2[C@@H]1S[C@H](c1ccccc1)[C@@H]2C(=O)OCc1ccc([N+](=O)[O-])cc1. The number of benzene rings is 3. The number of β-lactam (4-membered cyclic amide) rings is 1. The highest BCUT2D eigenvalue weighted by Gasteiger charge is 2.61. The average molecular weight is 518 g/mol. The lowest BCUT2D eigenvalue weighted by molar-refractivity contribution is -0.384. The van der Waals surface area contributed by atoms with E-state index in [9.17, 15) is 24.5 Å². The third-order valence-electron chi connectivity index (χ3n) is 6.37. The highest BCUT2D eigenvalue weighted by molar-refractivity contribution is 8.00. The molecular weight excluding hydrogens is 494 g/mol. The minimum absolute atomic E-state index is 0.0548. The first-order chi connectivity index (χ1) is 17.9. The number of hydrogen-bond acceptors (Lipinski definition) is 7. The van der Waals surface area contributed by atoms with E-state index in [1.807, 2.05) is 60.7 Å². The Bertz CT molecular complexity index is 1320. The van der Waals surface area contributed by atoms with Crippen molar-refractivity contribution in [2.45, 2.75) is 35.7 Å². The summed E-state index contributed by atoms with van der Waals surface area (Å²) < 4.78 is 5.56. The molecule has 0 saturated carbocycles. The molecule has 0 bridgehead atoms. The molecule has 1 N–H and O–H groups in total. The second-order valence-corrected chi connectivity index (χ2v) is 10.1. The van der Waals surface area contributed by atoms with Gasteiger partial charge in [-0.2, -0.15) is 0 Å². The lowest BCUT2D eigenvalue weighted by atomic mass is 9.98. The summed E-state index contributed by atoms with van der Waals surface area (Å²) in [7, 11) is 0. The average Bonchev–Trinajstić information content (AvgIpc) is 3.28. The van der Waals surface area contributed by atoms with E-state index in [2.05, 4.69) is 5.32 Å². The van der Waals surface area contributed by atoms with Gasteiger partial charge < -0.3 is 15.0 Å². The lowest BCUT2D eigenvalue weighted by Crippen LogP contribution is -2.70. The molecule has 2 aliphatic rings. The monoisotopic (exact) mass is 517 g/mol. The fraction of sp³-hybridized carbons (Fsp3) is 0.222. The molecule has 2 aliphatic heterocycles. The smallest absolute Gasteiger partial charge is 0.330 e. The highest BCUT2D eigenvalue weighted by Crippen LogP contribution is 2.52. The van der Waals surface area contributed by atoms with Gasteiger partial charge in [0.25, 0.3) is 5.69 Å². The van der Waals surface area contributed by atoms with Crippen LogP contribution in [-0.2, 0) is 32.1 Å². The molecule has 5 rings (SSSR count). The number of amides is 2. The second kappa shape index (κ2) is 10.4.